The van der Waals surface area contributed by atoms with Gasteiger partial charge in [-0.15, -0.1) is 0 Å². The van der Waals surface area contributed by atoms with E-state index in [0.717, 1.165) is 5.75 Å². The van der Waals surface area contributed by atoms with E-state index in [0.29, 0.717) is 11.5 Å². The first-order chi connectivity index (χ1) is 10.9. The number of benzene rings is 1. The van der Waals surface area contributed by atoms with Gasteiger partial charge in [0.05, 0.1) is 7.11 Å². The van der Waals surface area contributed by atoms with Gasteiger partial charge in [-0.2, -0.15) is 0 Å². The molecule has 0 saturated heterocycles. The maximum absolute atomic E-state index is 12.2. The van der Waals surface area contributed by atoms with E-state index in [4.69, 9.17) is 9.47 Å². The monoisotopic (exact) mass is 334 g/mol. The smallest absolute Gasteiger partial charge is 0.142 e. The van der Waals surface area contributed by atoms with Crippen molar-refractivity contribution in [3.05, 3.63) is 36.1 Å². The zero-order chi connectivity index (χ0) is 18.5. The summed E-state index contributed by atoms with van der Waals surface area (Å²) in [5, 5.41) is 10.6. The summed E-state index contributed by atoms with van der Waals surface area (Å²) in [7, 11) is 1.60. The first-order valence-corrected chi connectivity index (χ1v) is 8.18. The second kappa shape index (κ2) is 7.84. The summed E-state index contributed by atoms with van der Waals surface area (Å²) in [6, 6.07) is 7.12. The van der Waals surface area contributed by atoms with Gasteiger partial charge in [-0.3, -0.25) is 4.79 Å². The summed E-state index contributed by atoms with van der Waals surface area (Å²) >= 11 is 0. The fourth-order valence-corrected chi connectivity index (χ4v) is 1.92. The molecule has 0 unspecified atom stereocenters. The molecule has 0 aliphatic carbocycles. The van der Waals surface area contributed by atoms with Crippen molar-refractivity contribution in [1.82, 2.24) is 0 Å². The lowest BCUT2D eigenvalue weighted by atomic mass is 9.86. The maximum atomic E-state index is 12.2. The molecule has 24 heavy (non-hydrogen) atoms. The summed E-state index contributed by atoms with van der Waals surface area (Å²) in [6.07, 6.45) is 1.10. The largest absolute Gasteiger partial charge is 0.497 e. The van der Waals surface area contributed by atoms with Gasteiger partial charge in [-0.25, -0.2) is 0 Å². The summed E-state index contributed by atoms with van der Waals surface area (Å²) in [6.45, 7) is 11.4. The number of aliphatic hydroxyl groups excluding tert-OH is 1. The Balaban J connectivity index is 3.02. The van der Waals surface area contributed by atoms with Gasteiger partial charge in [-0.1, -0.05) is 41.5 Å². The Morgan fingerprint density at radius 2 is 1.58 bits per heavy atom. The number of carbonyl (C=O) groups excluding carboxylic acids is 1. The molecule has 0 bridgehead atoms. The summed E-state index contributed by atoms with van der Waals surface area (Å²) < 4.78 is 11.0. The lowest BCUT2D eigenvalue weighted by Crippen LogP contribution is -2.30. The lowest BCUT2D eigenvalue weighted by Gasteiger charge is -2.28. The molecule has 0 radical (unpaired) electrons. The minimum Gasteiger partial charge on any atom is -0.497 e. The first-order valence-electron chi connectivity index (χ1n) is 8.18. The molecule has 4 heteroatoms. The number of carbonyl (C=O) groups is 1. The Morgan fingerprint density at radius 1 is 1.08 bits per heavy atom. The van der Waals surface area contributed by atoms with Crippen LogP contribution in [0.5, 0.6) is 11.5 Å². The highest BCUT2D eigenvalue weighted by Gasteiger charge is 2.28. The van der Waals surface area contributed by atoms with E-state index >= 15 is 0 Å². The van der Waals surface area contributed by atoms with Crippen molar-refractivity contribution >= 4 is 5.78 Å². The molecule has 134 valence electrons. The molecule has 0 fully saturated rings. The SMILES string of the molecule is COc1ccc(OC(=CCC(=O)C(C)(C)C)[C@@H](O)C(C)(C)C)cc1. The normalized spacial score (nSPS) is 14.2. The van der Waals surface area contributed by atoms with Gasteiger partial charge in [0, 0.05) is 11.8 Å². The second-order valence-electron chi connectivity index (χ2n) is 8.03. The van der Waals surface area contributed by atoms with Gasteiger partial charge in [0.25, 0.3) is 0 Å². The van der Waals surface area contributed by atoms with E-state index in [1.54, 1.807) is 37.5 Å². The van der Waals surface area contributed by atoms with E-state index in [1.165, 1.54) is 0 Å². The average Bonchev–Trinajstić information content (AvgIpc) is 2.49. The van der Waals surface area contributed by atoms with Crippen molar-refractivity contribution in [2.45, 2.75) is 54.1 Å². The number of hydrogen-bond acceptors (Lipinski definition) is 4. The molecule has 4 nitrogen and oxygen atoms in total. The highest BCUT2D eigenvalue weighted by atomic mass is 16.5. The van der Waals surface area contributed by atoms with E-state index < -0.39 is 16.9 Å². The van der Waals surface area contributed by atoms with Crippen LogP contribution >= 0.6 is 0 Å². The Bertz CT molecular complexity index is 571. The van der Waals surface area contributed by atoms with Crippen LogP contribution in [0.15, 0.2) is 36.1 Å². The Morgan fingerprint density at radius 3 is 2.00 bits per heavy atom. The molecular formula is C20H30O4. The van der Waals surface area contributed by atoms with Crippen molar-refractivity contribution in [3.63, 3.8) is 0 Å². The van der Waals surface area contributed by atoms with Gasteiger partial charge in [-0.05, 0) is 35.8 Å². The molecule has 0 aromatic heterocycles. The predicted octanol–water partition coefficient (Wildman–Crippen LogP) is 4.37. The van der Waals surface area contributed by atoms with Gasteiger partial charge in [0.1, 0.15) is 29.1 Å². The number of ketones is 1. The Kier molecular flexibility index (Phi) is 6.61. The third-order valence-corrected chi connectivity index (χ3v) is 3.71. The van der Waals surface area contributed by atoms with E-state index in [9.17, 15) is 9.90 Å². The molecule has 0 heterocycles. The number of hydrogen-bond donors (Lipinski definition) is 1. The van der Waals surface area contributed by atoms with Crippen LogP contribution in [-0.4, -0.2) is 24.1 Å². The summed E-state index contributed by atoms with van der Waals surface area (Å²) in [5.41, 5.74) is -0.822. The minimum atomic E-state index is -0.813. The van der Waals surface area contributed by atoms with Crippen LogP contribution in [0.4, 0.5) is 0 Å². The topological polar surface area (TPSA) is 55.8 Å². The van der Waals surface area contributed by atoms with Crippen molar-refractivity contribution in [2.24, 2.45) is 10.8 Å². The predicted molar refractivity (Wildman–Crippen MR) is 96.2 cm³/mol. The van der Waals surface area contributed by atoms with Crippen LogP contribution in [0.2, 0.25) is 0 Å². The van der Waals surface area contributed by atoms with Crippen molar-refractivity contribution < 1.29 is 19.4 Å². The molecule has 0 aliphatic rings. The molecule has 0 saturated carbocycles. The van der Waals surface area contributed by atoms with E-state index in [1.807, 2.05) is 41.5 Å². The lowest BCUT2D eigenvalue weighted by molar-refractivity contribution is -0.125. The molecule has 1 aromatic carbocycles. The van der Waals surface area contributed by atoms with Crippen molar-refractivity contribution in [2.75, 3.05) is 7.11 Å². The third kappa shape index (κ3) is 6.00. The fraction of sp³-hybridized carbons (Fsp3) is 0.550. The van der Waals surface area contributed by atoms with Gasteiger partial charge in [0.2, 0.25) is 0 Å². The highest BCUT2D eigenvalue weighted by molar-refractivity contribution is 5.84. The van der Waals surface area contributed by atoms with Crippen LogP contribution in [0.1, 0.15) is 48.0 Å². The van der Waals surface area contributed by atoms with Crippen LogP contribution in [0.3, 0.4) is 0 Å². The molecule has 1 N–H and O–H groups in total. The molecule has 1 rings (SSSR count). The average molecular weight is 334 g/mol. The molecule has 1 atom stereocenters. The summed E-state index contributed by atoms with van der Waals surface area (Å²) in [5.74, 6) is 1.81. The van der Waals surface area contributed by atoms with Gasteiger partial charge < -0.3 is 14.6 Å². The number of allylic oxidation sites excluding steroid dienone is 1. The Labute approximate surface area is 145 Å². The number of methoxy groups -OCH3 is 1. The number of ether oxygens (including phenoxy) is 2. The molecule has 0 amide bonds. The standard InChI is InChI=1S/C20H30O4/c1-19(2,3)17(21)13-12-16(18(22)20(4,5)6)24-15-10-8-14(23-7)9-11-15/h8-12,18,22H,13H2,1-7H3/t18-/m1/s1. The van der Waals surface area contributed by atoms with E-state index in [2.05, 4.69) is 0 Å². The highest BCUT2D eigenvalue weighted by Crippen LogP contribution is 2.29. The number of aliphatic hydroxyl groups is 1. The molecule has 0 spiro atoms. The summed E-state index contributed by atoms with van der Waals surface area (Å²) in [4.78, 5) is 12.2. The number of Topliss-reactive ketones (excluding diaryl/α,β-unsaturated/α-hetero) is 1. The first kappa shape index (κ1) is 20.2. The second-order valence-corrected chi connectivity index (χ2v) is 8.03. The van der Waals surface area contributed by atoms with E-state index in [-0.39, 0.29) is 12.2 Å². The Hall–Kier alpha value is -1.81. The van der Waals surface area contributed by atoms with Crippen molar-refractivity contribution in [3.8, 4) is 11.5 Å². The zero-order valence-corrected chi connectivity index (χ0v) is 15.8. The van der Waals surface area contributed by atoms with Crippen LogP contribution in [-0.2, 0) is 4.79 Å². The quantitative estimate of drug-likeness (QED) is 0.785. The molecule has 0 aliphatic heterocycles. The number of rotatable bonds is 6. The molecular weight excluding hydrogens is 304 g/mol. The zero-order valence-electron chi connectivity index (χ0n) is 15.8. The van der Waals surface area contributed by atoms with Crippen LogP contribution in [0, 0.1) is 10.8 Å². The van der Waals surface area contributed by atoms with Crippen LogP contribution in [0.25, 0.3) is 0 Å². The van der Waals surface area contributed by atoms with Crippen LogP contribution < -0.4 is 9.47 Å². The fourth-order valence-electron chi connectivity index (χ4n) is 1.92. The van der Waals surface area contributed by atoms with Crippen molar-refractivity contribution in [1.29, 1.82) is 0 Å². The minimum absolute atomic E-state index is 0.0967. The van der Waals surface area contributed by atoms with Gasteiger partial charge in [0.15, 0.2) is 0 Å². The maximum Gasteiger partial charge on any atom is 0.142 e. The molecule has 1 aromatic rings. The van der Waals surface area contributed by atoms with Gasteiger partial charge >= 0.3 is 0 Å². The third-order valence-electron chi connectivity index (χ3n) is 3.71.